The Balaban J connectivity index is 1.50. The van der Waals surface area contributed by atoms with Crippen LogP contribution in [0.25, 0.3) is 0 Å². The van der Waals surface area contributed by atoms with Crippen LogP contribution in [0.1, 0.15) is 34.3 Å². The number of hydrogen-bond donors (Lipinski definition) is 6. The number of hydrogen-bond acceptors (Lipinski definition) is 10. The van der Waals surface area contributed by atoms with Gasteiger partial charge in [-0.2, -0.15) is 0 Å². The second-order valence-electron chi connectivity index (χ2n) is 12.1. The SMILES string of the molecule is COC(=O)[C@H](Cc1ccccc1)NC(=O)[C@@H](NC(=O)[C@@H](O)[C@H](O)C(=O)N[C@H](C(=O)N[C@@H](Cc1ccccc1)C(=O)OC)c1ccccc1)c1ccccc1. The van der Waals surface area contributed by atoms with Gasteiger partial charge in [-0.05, 0) is 22.3 Å². The molecule has 0 aromatic heterocycles. The Morgan fingerprint density at radius 1 is 0.463 bits per heavy atom. The molecule has 0 aliphatic rings. The van der Waals surface area contributed by atoms with Gasteiger partial charge in [0.2, 0.25) is 11.8 Å². The van der Waals surface area contributed by atoms with Gasteiger partial charge in [-0.15, -0.1) is 0 Å². The zero-order valence-electron chi connectivity index (χ0n) is 29.6. The molecule has 0 fully saturated rings. The third-order valence-electron chi connectivity index (χ3n) is 8.37. The van der Waals surface area contributed by atoms with Crippen molar-refractivity contribution in [3.05, 3.63) is 144 Å². The summed E-state index contributed by atoms with van der Waals surface area (Å²) in [4.78, 5) is 79.3. The third kappa shape index (κ3) is 11.3. The second-order valence-corrected chi connectivity index (χ2v) is 12.1. The number of rotatable bonds is 17. The summed E-state index contributed by atoms with van der Waals surface area (Å²) in [5.41, 5.74) is 1.96. The maximum atomic E-state index is 13.6. The number of nitrogens with one attached hydrogen (secondary N) is 4. The third-order valence-corrected chi connectivity index (χ3v) is 8.37. The second kappa shape index (κ2) is 20.0. The van der Waals surface area contributed by atoms with Gasteiger partial charge in [-0.1, -0.05) is 121 Å². The van der Waals surface area contributed by atoms with Gasteiger partial charge < -0.3 is 41.0 Å². The summed E-state index contributed by atoms with van der Waals surface area (Å²) in [6, 6.07) is 28.2. The van der Waals surface area contributed by atoms with Crippen LogP contribution in [0.4, 0.5) is 0 Å². The minimum absolute atomic E-state index is 0.0685. The Morgan fingerprint density at radius 3 is 1.06 bits per heavy atom. The first kappa shape index (κ1) is 40.4. The monoisotopic (exact) mass is 738 g/mol. The molecule has 4 aromatic carbocycles. The smallest absolute Gasteiger partial charge is 0.328 e. The number of carbonyl (C=O) groups excluding carboxylic acids is 6. The van der Waals surface area contributed by atoms with E-state index in [0.717, 1.165) is 11.1 Å². The van der Waals surface area contributed by atoms with E-state index in [1.165, 1.54) is 38.5 Å². The predicted molar refractivity (Wildman–Crippen MR) is 195 cm³/mol. The highest BCUT2D eigenvalue weighted by Crippen LogP contribution is 2.17. The van der Waals surface area contributed by atoms with Crippen LogP contribution in [0, 0.1) is 0 Å². The topological polar surface area (TPSA) is 209 Å². The Hall–Kier alpha value is -6.38. The van der Waals surface area contributed by atoms with E-state index in [9.17, 15) is 39.0 Å². The number of aliphatic hydroxyl groups excluding tert-OH is 2. The normalized spacial score (nSPS) is 14.1. The molecule has 0 aliphatic carbocycles. The van der Waals surface area contributed by atoms with Crippen molar-refractivity contribution < 1.29 is 48.5 Å². The molecular formula is C40H42N4O10. The van der Waals surface area contributed by atoms with E-state index in [2.05, 4.69) is 21.3 Å². The molecule has 282 valence electrons. The first-order chi connectivity index (χ1) is 26.0. The maximum Gasteiger partial charge on any atom is 0.328 e. The number of ether oxygens (including phenoxy) is 2. The lowest BCUT2D eigenvalue weighted by molar-refractivity contribution is -0.149. The van der Waals surface area contributed by atoms with E-state index in [-0.39, 0.29) is 24.0 Å². The van der Waals surface area contributed by atoms with Crippen LogP contribution in [0.3, 0.4) is 0 Å². The Labute approximate surface area is 311 Å². The molecule has 0 radical (unpaired) electrons. The summed E-state index contributed by atoms with van der Waals surface area (Å²) in [5.74, 6) is -5.80. The van der Waals surface area contributed by atoms with Gasteiger partial charge in [0.1, 0.15) is 24.2 Å². The summed E-state index contributed by atoms with van der Waals surface area (Å²) in [6.07, 6.45) is -4.71. The maximum absolute atomic E-state index is 13.6. The largest absolute Gasteiger partial charge is 0.467 e. The molecule has 14 nitrogen and oxygen atoms in total. The lowest BCUT2D eigenvalue weighted by Crippen LogP contribution is -2.55. The Kier molecular flexibility index (Phi) is 15.0. The minimum atomic E-state index is -2.43. The van der Waals surface area contributed by atoms with Crippen molar-refractivity contribution in [2.75, 3.05) is 14.2 Å². The van der Waals surface area contributed by atoms with E-state index in [1.807, 2.05) is 0 Å². The number of benzene rings is 4. The van der Waals surface area contributed by atoms with Crippen molar-refractivity contribution in [1.29, 1.82) is 0 Å². The molecule has 0 heterocycles. The molecule has 4 aromatic rings. The van der Waals surface area contributed by atoms with E-state index < -0.39 is 71.9 Å². The van der Waals surface area contributed by atoms with Gasteiger partial charge in [0.05, 0.1) is 14.2 Å². The van der Waals surface area contributed by atoms with E-state index in [4.69, 9.17) is 9.47 Å². The fourth-order valence-electron chi connectivity index (χ4n) is 5.51. The first-order valence-corrected chi connectivity index (χ1v) is 16.9. The molecule has 54 heavy (non-hydrogen) atoms. The summed E-state index contributed by atoms with van der Waals surface area (Å²) < 4.78 is 9.77. The van der Waals surface area contributed by atoms with Crippen molar-refractivity contribution in [2.24, 2.45) is 0 Å². The molecule has 0 bridgehead atoms. The van der Waals surface area contributed by atoms with Crippen LogP contribution in [-0.2, 0) is 51.1 Å². The van der Waals surface area contributed by atoms with Gasteiger partial charge in [-0.25, -0.2) is 9.59 Å². The number of carbonyl (C=O) groups is 6. The molecule has 6 N–H and O–H groups in total. The summed E-state index contributed by atoms with van der Waals surface area (Å²) >= 11 is 0. The molecular weight excluding hydrogens is 696 g/mol. The van der Waals surface area contributed by atoms with Crippen molar-refractivity contribution in [3.8, 4) is 0 Å². The number of esters is 2. The van der Waals surface area contributed by atoms with Crippen LogP contribution in [0.2, 0.25) is 0 Å². The summed E-state index contributed by atoms with van der Waals surface area (Å²) in [5, 5.41) is 31.6. The molecule has 0 unspecified atom stereocenters. The zero-order chi connectivity index (χ0) is 39.0. The molecule has 0 spiro atoms. The molecule has 14 heteroatoms. The Morgan fingerprint density at radius 2 is 0.759 bits per heavy atom. The quantitative estimate of drug-likeness (QED) is 0.0854. The van der Waals surface area contributed by atoms with Crippen molar-refractivity contribution in [1.82, 2.24) is 21.3 Å². The van der Waals surface area contributed by atoms with Crippen molar-refractivity contribution in [2.45, 2.75) is 49.2 Å². The predicted octanol–water partition coefficient (Wildman–Crippen LogP) is 1.22. The molecule has 4 rings (SSSR count). The number of methoxy groups -OCH3 is 2. The fourth-order valence-corrected chi connectivity index (χ4v) is 5.51. The molecule has 6 atom stereocenters. The standard InChI is InChI=1S/C40H42N4O10/c1-53-39(51)29(23-25-15-7-3-8-16-25)41-35(47)31(27-19-11-5-12-20-27)43-37(49)33(45)34(46)38(50)44-32(28-21-13-6-14-22-28)36(48)42-30(40(52)54-2)24-26-17-9-4-10-18-26/h3-22,29-34,45-46H,23-24H2,1-2H3,(H,41,47)(H,42,48)(H,43,49)(H,44,50)/t29-,30-,31-,32-,33-,34-/m0/s1. The van der Waals surface area contributed by atoms with Gasteiger partial charge in [0, 0.05) is 12.8 Å². The average Bonchev–Trinajstić information content (AvgIpc) is 3.21. The minimum Gasteiger partial charge on any atom is -0.467 e. The molecule has 0 saturated heterocycles. The van der Waals surface area contributed by atoms with Crippen molar-refractivity contribution in [3.63, 3.8) is 0 Å². The van der Waals surface area contributed by atoms with E-state index >= 15 is 0 Å². The highest BCUT2D eigenvalue weighted by Gasteiger charge is 2.37. The molecule has 0 saturated carbocycles. The lowest BCUT2D eigenvalue weighted by atomic mass is 10.0. The van der Waals surface area contributed by atoms with Gasteiger partial charge in [-0.3, -0.25) is 19.2 Å². The molecule has 4 amide bonds. The zero-order valence-corrected chi connectivity index (χ0v) is 29.6. The van der Waals surface area contributed by atoms with E-state index in [1.54, 1.807) is 97.1 Å². The van der Waals surface area contributed by atoms with Crippen LogP contribution in [0.5, 0.6) is 0 Å². The van der Waals surface area contributed by atoms with Crippen molar-refractivity contribution >= 4 is 35.6 Å². The average molecular weight is 739 g/mol. The van der Waals surface area contributed by atoms with Crippen LogP contribution < -0.4 is 21.3 Å². The summed E-state index contributed by atoms with van der Waals surface area (Å²) in [7, 11) is 2.33. The first-order valence-electron chi connectivity index (χ1n) is 16.9. The van der Waals surface area contributed by atoms with Crippen LogP contribution >= 0.6 is 0 Å². The highest BCUT2D eigenvalue weighted by atomic mass is 16.5. The lowest BCUT2D eigenvalue weighted by Gasteiger charge is -2.26. The number of aliphatic hydroxyl groups is 2. The van der Waals surface area contributed by atoms with E-state index in [0.29, 0.717) is 0 Å². The van der Waals surface area contributed by atoms with Gasteiger partial charge in [0.15, 0.2) is 12.2 Å². The molecule has 0 aliphatic heterocycles. The Bertz CT molecular complexity index is 1730. The van der Waals surface area contributed by atoms with Crippen LogP contribution in [0.15, 0.2) is 121 Å². The van der Waals surface area contributed by atoms with Crippen LogP contribution in [-0.4, -0.2) is 84.3 Å². The highest BCUT2D eigenvalue weighted by molar-refractivity contribution is 5.97. The van der Waals surface area contributed by atoms with Gasteiger partial charge in [0.25, 0.3) is 11.8 Å². The summed E-state index contributed by atoms with van der Waals surface area (Å²) in [6.45, 7) is 0. The fraction of sp³-hybridized carbons (Fsp3) is 0.250. The van der Waals surface area contributed by atoms with Gasteiger partial charge >= 0.3 is 11.9 Å². The number of amides is 4.